The zero-order chi connectivity index (χ0) is 15.7. The Hall–Kier alpha value is -1.29. The first-order chi connectivity index (χ1) is 11.3. The standard InChI is InChI=1S/C20H23NOS/c1-21-14-8-13-18(21)19-15-23-20(22-19,16-9-4-2-5-10-16)17-11-6-3-7-12-17/h2-7,9-12,18-19H,8,13-15H2,1H3/t18-,19+/m1/s1. The molecular formula is C20H23NOS. The molecule has 120 valence electrons. The van der Waals surface area contributed by atoms with E-state index in [0.717, 1.165) is 5.75 Å². The van der Waals surface area contributed by atoms with Crippen LogP contribution in [-0.4, -0.2) is 36.4 Å². The molecule has 2 aromatic rings. The first-order valence-corrected chi connectivity index (χ1v) is 9.41. The molecule has 23 heavy (non-hydrogen) atoms. The van der Waals surface area contributed by atoms with E-state index in [2.05, 4.69) is 72.6 Å². The monoisotopic (exact) mass is 325 g/mol. The van der Waals surface area contributed by atoms with Crippen molar-refractivity contribution in [3.63, 3.8) is 0 Å². The fourth-order valence-electron chi connectivity index (χ4n) is 3.86. The second-order valence-electron chi connectivity index (χ2n) is 6.51. The van der Waals surface area contributed by atoms with Crippen LogP contribution >= 0.6 is 11.8 Å². The van der Waals surface area contributed by atoms with Crippen LogP contribution in [0.15, 0.2) is 60.7 Å². The smallest absolute Gasteiger partial charge is 0.165 e. The minimum atomic E-state index is -0.364. The van der Waals surface area contributed by atoms with Gasteiger partial charge in [-0.3, -0.25) is 0 Å². The molecule has 0 spiro atoms. The van der Waals surface area contributed by atoms with Gasteiger partial charge in [0.1, 0.15) is 0 Å². The molecule has 0 aliphatic carbocycles. The third-order valence-electron chi connectivity index (χ3n) is 5.08. The van der Waals surface area contributed by atoms with Crippen LogP contribution in [0.5, 0.6) is 0 Å². The Balaban J connectivity index is 1.71. The molecule has 0 amide bonds. The first kappa shape index (κ1) is 15.3. The summed E-state index contributed by atoms with van der Waals surface area (Å²) in [6.45, 7) is 1.19. The SMILES string of the molecule is CN1CCC[C@@H]1[C@@H]1CSC(c2ccccc2)(c2ccccc2)O1. The number of ether oxygens (including phenoxy) is 1. The topological polar surface area (TPSA) is 12.5 Å². The van der Waals surface area contributed by atoms with Gasteiger partial charge in [0.15, 0.2) is 4.93 Å². The second-order valence-corrected chi connectivity index (χ2v) is 7.70. The van der Waals surface area contributed by atoms with Crippen molar-refractivity contribution < 1.29 is 4.74 Å². The van der Waals surface area contributed by atoms with Gasteiger partial charge in [-0.15, -0.1) is 11.8 Å². The molecule has 2 heterocycles. The fraction of sp³-hybridized carbons (Fsp3) is 0.400. The fourth-order valence-corrected chi connectivity index (χ4v) is 5.35. The highest BCUT2D eigenvalue weighted by atomic mass is 32.2. The lowest BCUT2D eigenvalue weighted by Crippen LogP contribution is -2.39. The van der Waals surface area contributed by atoms with E-state index in [0.29, 0.717) is 12.1 Å². The van der Waals surface area contributed by atoms with Crippen molar-refractivity contribution in [2.45, 2.75) is 29.9 Å². The van der Waals surface area contributed by atoms with Crippen LogP contribution in [0.25, 0.3) is 0 Å². The molecule has 0 bridgehead atoms. The average Bonchev–Trinajstić information content (AvgIpc) is 3.23. The Labute approximate surface area is 142 Å². The molecule has 2 aromatic carbocycles. The summed E-state index contributed by atoms with van der Waals surface area (Å²) in [4.78, 5) is 2.11. The molecule has 0 unspecified atom stereocenters. The summed E-state index contributed by atoms with van der Waals surface area (Å²) in [5, 5.41) is 0. The molecule has 4 rings (SSSR count). The van der Waals surface area contributed by atoms with E-state index in [1.807, 2.05) is 11.8 Å². The Morgan fingerprint density at radius 1 is 1.00 bits per heavy atom. The van der Waals surface area contributed by atoms with Crippen LogP contribution in [0.2, 0.25) is 0 Å². The zero-order valence-corrected chi connectivity index (χ0v) is 14.3. The second kappa shape index (κ2) is 6.31. The van der Waals surface area contributed by atoms with Crippen LogP contribution in [0.1, 0.15) is 24.0 Å². The molecule has 2 aliphatic rings. The van der Waals surface area contributed by atoms with Gasteiger partial charge in [-0.05, 0) is 37.6 Å². The Morgan fingerprint density at radius 3 is 2.13 bits per heavy atom. The molecule has 0 radical (unpaired) electrons. The maximum absolute atomic E-state index is 6.80. The van der Waals surface area contributed by atoms with E-state index in [4.69, 9.17) is 4.74 Å². The predicted molar refractivity (Wildman–Crippen MR) is 96.6 cm³/mol. The van der Waals surface area contributed by atoms with E-state index in [1.54, 1.807) is 0 Å². The molecule has 2 atom stereocenters. The molecule has 2 fully saturated rings. The van der Waals surface area contributed by atoms with Crippen LogP contribution in [0.3, 0.4) is 0 Å². The lowest BCUT2D eigenvalue weighted by Gasteiger charge is -2.32. The lowest BCUT2D eigenvalue weighted by molar-refractivity contribution is -0.0216. The summed E-state index contributed by atoms with van der Waals surface area (Å²) in [5.41, 5.74) is 2.50. The van der Waals surface area contributed by atoms with Gasteiger partial charge in [-0.25, -0.2) is 0 Å². The molecular weight excluding hydrogens is 302 g/mol. The van der Waals surface area contributed by atoms with Gasteiger partial charge in [-0.2, -0.15) is 0 Å². The van der Waals surface area contributed by atoms with E-state index >= 15 is 0 Å². The van der Waals surface area contributed by atoms with Crippen LogP contribution < -0.4 is 0 Å². The van der Waals surface area contributed by atoms with Crippen molar-refractivity contribution in [1.29, 1.82) is 0 Å². The molecule has 0 N–H and O–H groups in total. The minimum Gasteiger partial charge on any atom is -0.350 e. The number of rotatable bonds is 3. The van der Waals surface area contributed by atoms with Gasteiger partial charge in [0.2, 0.25) is 0 Å². The third kappa shape index (κ3) is 2.71. The van der Waals surface area contributed by atoms with Crippen molar-refractivity contribution in [3.8, 4) is 0 Å². The number of hydrogen-bond acceptors (Lipinski definition) is 3. The minimum absolute atomic E-state index is 0.299. The number of likely N-dealkylation sites (tertiary alicyclic amines) is 1. The van der Waals surface area contributed by atoms with Gasteiger partial charge in [0, 0.05) is 11.8 Å². The van der Waals surface area contributed by atoms with E-state index in [1.165, 1.54) is 30.5 Å². The number of thioether (sulfide) groups is 1. The number of likely N-dealkylation sites (N-methyl/N-ethyl adjacent to an activating group) is 1. The molecule has 2 saturated heterocycles. The van der Waals surface area contributed by atoms with Crippen LogP contribution in [0, 0.1) is 0 Å². The van der Waals surface area contributed by atoms with Gasteiger partial charge in [0.05, 0.1) is 6.10 Å². The maximum atomic E-state index is 6.80. The Kier molecular flexibility index (Phi) is 4.18. The van der Waals surface area contributed by atoms with Crippen molar-refractivity contribution in [1.82, 2.24) is 4.90 Å². The van der Waals surface area contributed by atoms with E-state index in [9.17, 15) is 0 Å². The Morgan fingerprint density at radius 2 is 1.61 bits per heavy atom. The molecule has 2 aliphatic heterocycles. The van der Waals surface area contributed by atoms with Crippen LogP contribution in [-0.2, 0) is 9.67 Å². The van der Waals surface area contributed by atoms with Crippen LogP contribution in [0.4, 0.5) is 0 Å². The Bertz CT molecular complexity index is 606. The lowest BCUT2D eigenvalue weighted by atomic mass is 10.00. The summed E-state index contributed by atoms with van der Waals surface area (Å²) < 4.78 is 6.80. The van der Waals surface area contributed by atoms with Gasteiger partial charge in [-0.1, -0.05) is 60.7 Å². The van der Waals surface area contributed by atoms with E-state index < -0.39 is 0 Å². The normalized spacial score (nSPS) is 27.3. The van der Waals surface area contributed by atoms with Crippen molar-refractivity contribution in [2.75, 3.05) is 19.3 Å². The molecule has 2 nitrogen and oxygen atoms in total. The predicted octanol–water partition coefficient (Wildman–Crippen LogP) is 4.11. The van der Waals surface area contributed by atoms with Gasteiger partial charge < -0.3 is 9.64 Å². The number of benzene rings is 2. The third-order valence-corrected chi connectivity index (χ3v) is 6.55. The highest BCUT2D eigenvalue weighted by molar-refractivity contribution is 8.00. The molecule has 0 saturated carbocycles. The zero-order valence-electron chi connectivity index (χ0n) is 13.5. The summed E-state index contributed by atoms with van der Waals surface area (Å²) >= 11 is 1.94. The van der Waals surface area contributed by atoms with E-state index in [-0.39, 0.29) is 4.93 Å². The summed E-state index contributed by atoms with van der Waals surface area (Å²) in [5.74, 6) is 1.05. The maximum Gasteiger partial charge on any atom is 0.165 e. The van der Waals surface area contributed by atoms with Gasteiger partial charge in [0.25, 0.3) is 0 Å². The van der Waals surface area contributed by atoms with Crippen molar-refractivity contribution in [2.24, 2.45) is 0 Å². The van der Waals surface area contributed by atoms with Crippen molar-refractivity contribution >= 4 is 11.8 Å². The summed E-state index contributed by atoms with van der Waals surface area (Å²) in [6.07, 6.45) is 2.84. The summed E-state index contributed by atoms with van der Waals surface area (Å²) in [6, 6.07) is 21.9. The first-order valence-electron chi connectivity index (χ1n) is 8.43. The highest BCUT2D eigenvalue weighted by Gasteiger charge is 2.47. The quantitative estimate of drug-likeness (QED) is 0.842. The molecule has 0 aromatic heterocycles. The highest BCUT2D eigenvalue weighted by Crippen LogP contribution is 2.51. The number of hydrogen-bond donors (Lipinski definition) is 0. The van der Waals surface area contributed by atoms with Gasteiger partial charge >= 0.3 is 0 Å². The summed E-state index contributed by atoms with van der Waals surface area (Å²) in [7, 11) is 2.23. The molecule has 3 heteroatoms. The number of nitrogens with zero attached hydrogens (tertiary/aromatic N) is 1. The average molecular weight is 325 g/mol. The largest absolute Gasteiger partial charge is 0.350 e. The van der Waals surface area contributed by atoms with Crippen molar-refractivity contribution in [3.05, 3.63) is 71.8 Å².